The number of amides is 1. The second-order valence-electron chi connectivity index (χ2n) is 21.2. The Morgan fingerprint density at radius 3 is 1.34 bits per heavy atom. The minimum absolute atomic E-state index is 0.0301. The SMILES string of the molecule is CCCCC/C=C\C/C=C\C/C=C\C/C=C\CCCC(=O)NC(COP(=O)(O)OCC[N+](C)(C)C)C(/C=C/CCCCCCCCCCCCC)OC(=O)CCCCCCCCCCCCCCCCC. The monoisotopic (exact) mass is 1020 g/mol. The molecule has 0 heterocycles. The third-order valence-electron chi connectivity index (χ3n) is 13.0. The molecule has 0 aromatic carbocycles. The second kappa shape index (κ2) is 51.2. The number of quaternary nitrogens is 1. The summed E-state index contributed by atoms with van der Waals surface area (Å²) in [6.07, 6.45) is 63.6. The summed E-state index contributed by atoms with van der Waals surface area (Å²) in [5.41, 5.74) is 0. The van der Waals surface area contributed by atoms with Gasteiger partial charge in [-0.15, -0.1) is 0 Å². The standard InChI is InChI=1S/C61H113N2O7P/c1-7-10-13-16-19-22-25-28-30-31-33-35-38-41-44-47-50-53-60(64)62-58(57-69-71(66,67)68-56-55-63(4,5)6)59(52-49-46-43-40-37-34-27-24-21-18-15-12-9-3)70-61(65)54-51-48-45-42-39-36-32-29-26-23-20-17-14-11-8-2/h19,22,28,30,33,35,41,44,49,52,58-59H,7-18,20-21,23-27,29,31-32,34,36-40,42-43,45-48,50-51,53-57H2,1-6H3,(H-,62,64,66,67)/p+1/b22-19-,30-28-,35-33-,44-41-,52-49+. The molecule has 0 saturated heterocycles. The highest BCUT2D eigenvalue weighted by molar-refractivity contribution is 7.47. The first-order valence-electron chi connectivity index (χ1n) is 29.6. The van der Waals surface area contributed by atoms with Crippen molar-refractivity contribution in [2.24, 2.45) is 0 Å². The maximum absolute atomic E-state index is 13.5. The van der Waals surface area contributed by atoms with Crippen LogP contribution >= 0.6 is 7.82 Å². The summed E-state index contributed by atoms with van der Waals surface area (Å²) in [6.45, 7) is 6.95. The number of phosphoric ester groups is 1. The van der Waals surface area contributed by atoms with E-state index in [4.69, 9.17) is 13.8 Å². The quantitative estimate of drug-likeness (QED) is 0.0205. The Bertz CT molecular complexity index is 1400. The molecule has 0 aromatic heterocycles. The van der Waals surface area contributed by atoms with Gasteiger partial charge >= 0.3 is 13.8 Å². The minimum atomic E-state index is -4.46. The zero-order chi connectivity index (χ0) is 52.2. The van der Waals surface area contributed by atoms with Gasteiger partial charge in [-0.25, -0.2) is 4.57 Å². The molecule has 2 N–H and O–H groups in total. The first-order valence-corrected chi connectivity index (χ1v) is 31.1. The zero-order valence-electron chi connectivity index (χ0n) is 47.2. The van der Waals surface area contributed by atoms with Gasteiger partial charge in [0, 0.05) is 12.8 Å². The predicted molar refractivity (Wildman–Crippen MR) is 305 cm³/mol. The van der Waals surface area contributed by atoms with Crippen molar-refractivity contribution in [3.63, 3.8) is 0 Å². The molecular weight excluding hydrogens is 904 g/mol. The molecule has 3 atom stereocenters. The van der Waals surface area contributed by atoms with Crippen LogP contribution in [0.2, 0.25) is 0 Å². The van der Waals surface area contributed by atoms with Crippen molar-refractivity contribution in [3.8, 4) is 0 Å². The molecular formula is C61H114N2O7P+. The molecule has 1 amide bonds. The molecule has 0 fully saturated rings. The predicted octanol–water partition coefficient (Wildman–Crippen LogP) is 17.9. The average molecular weight is 1020 g/mol. The van der Waals surface area contributed by atoms with E-state index in [1.165, 1.54) is 161 Å². The highest BCUT2D eigenvalue weighted by atomic mass is 31.2. The Morgan fingerprint density at radius 1 is 0.493 bits per heavy atom. The fourth-order valence-corrected chi connectivity index (χ4v) is 9.08. The van der Waals surface area contributed by atoms with Crippen molar-refractivity contribution in [2.45, 2.75) is 277 Å². The van der Waals surface area contributed by atoms with E-state index in [-0.39, 0.29) is 37.9 Å². The van der Waals surface area contributed by atoms with E-state index in [0.29, 0.717) is 17.4 Å². The van der Waals surface area contributed by atoms with Crippen molar-refractivity contribution < 1.29 is 37.3 Å². The summed E-state index contributed by atoms with van der Waals surface area (Å²) in [6, 6.07) is -0.875. The lowest BCUT2D eigenvalue weighted by Gasteiger charge is -2.27. The number of nitrogens with one attached hydrogen (secondary N) is 1. The Morgan fingerprint density at radius 2 is 0.873 bits per heavy atom. The number of ether oxygens (including phenoxy) is 1. The van der Waals surface area contributed by atoms with Crippen LogP contribution in [0.5, 0.6) is 0 Å². The zero-order valence-corrected chi connectivity index (χ0v) is 48.1. The summed E-state index contributed by atoms with van der Waals surface area (Å²) in [5, 5.41) is 3.02. The van der Waals surface area contributed by atoms with Gasteiger partial charge in [0.1, 0.15) is 19.3 Å². The molecule has 414 valence electrons. The van der Waals surface area contributed by atoms with E-state index >= 15 is 0 Å². The molecule has 0 aliphatic heterocycles. The molecule has 0 bridgehead atoms. The normalized spacial score (nSPS) is 14.2. The van der Waals surface area contributed by atoms with E-state index in [1.54, 1.807) is 0 Å². The van der Waals surface area contributed by atoms with Crippen molar-refractivity contribution >= 4 is 19.7 Å². The fourth-order valence-electron chi connectivity index (χ4n) is 8.34. The summed E-state index contributed by atoms with van der Waals surface area (Å²) in [7, 11) is 1.46. The number of carbonyl (C=O) groups excluding carboxylic acids is 2. The van der Waals surface area contributed by atoms with Crippen LogP contribution in [0.15, 0.2) is 60.8 Å². The average Bonchev–Trinajstić information content (AvgIpc) is 3.33. The van der Waals surface area contributed by atoms with Crippen molar-refractivity contribution in [1.82, 2.24) is 5.32 Å². The number of hydrogen-bond acceptors (Lipinski definition) is 6. The van der Waals surface area contributed by atoms with Gasteiger partial charge in [0.05, 0.1) is 33.8 Å². The van der Waals surface area contributed by atoms with Gasteiger partial charge in [0.25, 0.3) is 0 Å². The molecule has 71 heavy (non-hydrogen) atoms. The molecule has 0 saturated carbocycles. The van der Waals surface area contributed by atoms with E-state index in [9.17, 15) is 19.0 Å². The minimum Gasteiger partial charge on any atom is -0.456 e. The number of nitrogens with zero attached hydrogens (tertiary/aromatic N) is 1. The van der Waals surface area contributed by atoms with Gasteiger partial charge in [-0.05, 0) is 70.3 Å². The van der Waals surface area contributed by atoms with Crippen LogP contribution in [0.3, 0.4) is 0 Å². The van der Waals surface area contributed by atoms with E-state index in [1.807, 2.05) is 33.3 Å². The van der Waals surface area contributed by atoms with Crippen LogP contribution in [-0.2, 0) is 27.9 Å². The molecule has 0 radical (unpaired) electrons. The maximum Gasteiger partial charge on any atom is 0.472 e. The van der Waals surface area contributed by atoms with Crippen molar-refractivity contribution in [3.05, 3.63) is 60.8 Å². The van der Waals surface area contributed by atoms with Gasteiger partial charge in [-0.2, -0.15) is 0 Å². The van der Waals surface area contributed by atoms with Crippen molar-refractivity contribution in [1.29, 1.82) is 0 Å². The number of allylic oxidation sites excluding steroid dienone is 9. The molecule has 0 aromatic rings. The third kappa shape index (κ3) is 52.4. The Kier molecular flexibility index (Phi) is 49.6. The molecule has 10 heteroatoms. The van der Waals surface area contributed by atoms with Gasteiger partial charge in [-0.1, -0.05) is 242 Å². The molecule has 3 unspecified atom stereocenters. The highest BCUT2D eigenvalue weighted by Gasteiger charge is 2.30. The fraction of sp³-hybridized carbons (Fsp3) is 0.803. The van der Waals surface area contributed by atoms with Crippen LogP contribution in [0, 0.1) is 0 Å². The van der Waals surface area contributed by atoms with Crippen LogP contribution < -0.4 is 5.32 Å². The van der Waals surface area contributed by atoms with Gasteiger partial charge in [0.2, 0.25) is 5.91 Å². The van der Waals surface area contributed by atoms with Crippen LogP contribution in [0.4, 0.5) is 0 Å². The van der Waals surface area contributed by atoms with E-state index < -0.39 is 20.0 Å². The molecule has 0 aliphatic rings. The lowest BCUT2D eigenvalue weighted by Crippen LogP contribution is -2.47. The maximum atomic E-state index is 13.5. The van der Waals surface area contributed by atoms with Crippen LogP contribution in [-0.4, -0.2) is 74.3 Å². The lowest BCUT2D eigenvalue weighted by atomic mass is 10.0. The summed E-state index contributed by atoms with van der Waals surface area (Å²) < 4.78 is 30.6. The second-order valence-corrected chi connectivity index (χ2v) is 22.6. The molecule has 9 nitrogen and oxygen atoms in total. The molecule has 0 spiro atoms. The Hall–Kier alpha value is -2.29. The van der Waals surface area contributed by atoms with Gasteiger partial charge < -0.3 is 19.4 Å². The van der Waals surface area contributed by atoms with E-state index in [0.717, 1.165) is 64.2 Å². The van der Waals surface area contributed by atoms with Crippen LogP contribution in [0.1, 0.15) is 265 Å². The van der Waals surface area contributed by atoms with Crippen LogP contribution in [0.25, 0.3) is 0 Å². The molecule has 0 rings (SSSR count). The smallest absolute Gasteiger partial charge is 0.456 e. The number of carbonyl (C=O) groups is 2. The number of likely N-dealkylation sites (N-methyl/N-ethyl adjacent to an activating group) is 1. The third-order valence-corrected chi connectivity index (χ3v) is 13.9. The summed E-state index contributed by atoms with van der Waals surface area (Å²) in [5.74, 6) is -0.564. The van der Waals surface area contributed by atoms with Crippen molar-refractivity contribution in [2.75, 3.05) is 40.9 Å². The Labute approximate surface area is 439 Å². The summed E-state index contributed by atoms with van der Waals surface area (Å²) >= 11 is 0. The topological polar surface area (TPSA) is 111 Å². The molecule has 0 aliphatic carbocycles. The number of phosphoric acid groups is 1. The van der Waals surface area contributed by atoms with Gasteiger partial charge in [0.15, 0.2) is 0 Å². The Balaban J connectivity index is 5.43. The number of hydrogen-bond donors (Lipinski definition) is 2. The summed E-state index contributed by atoms with van der Waals surface area (Å²) in [4.78, 5) is 37.6. The largest absolute Gasteiger partial charge is 0.472 e. The number of esters is 1. The number of unbranched alkanes of at least 4 members (excludes halogenated alkanes) is 29. The first kappa shape index (κ1) is 68.7. The number of rotatable bonds is 53. The van der Waals surface area contributed by atoms with Gasteiger partial charge in [-0.3, -0.25) is 18.6 Å². The lowest BCUT2D eigenvalue weighted by molar-refractivity contribution is -0.870. The highest BCUT2D eigenvalue weighted by Crippen LogP contribution is 2.43. The van der Waals surface area contributed by atoms with E-state index in [2.05, 4.69) is 74.7 Å². The first-order chi connectivity index (χ1) is 34.4.